The maximum atomic E-state index is 12.3. The first-order valence-electron chi connectivity index (χ1n) is 7.30. The van der Waals surface area contributed by atoms with E-state index in [1.54, 1.807) is 6.92 Å². The van der Waals surface area contributed by atoms with Gasteiger partial charge in [0.05, 0.1) is 9.79 Å². The highest BCUT2D eigenvalue weighted by atomic mass is 32.2. The van der Waals surface area contributed by atoms with Gasteiger partial charge in [0.1, 0.15) is 6.26 Å². The molecule has 1 aromatic carbocycles. The number of aryl methyl sites for hydroxylation is 1. The molecule has 0 amide bonds. The molecular weight excluding hydrogens is 368 g/mol. The number of sulfonamides is 2. The van der Waals surface area contributed by atoms with Gasteiger partial charge in [0.2, 0.25) is 10.0 Å². The Kier molecular flexibility index (Phi) is 5.83. The quantitative estimate of drug-likeness (QED) is 0.680. The molecule has 1 aromatic heterocycles. The number of nitrogens with one attached hydrogen (secondary N) is 2. The lowest BCUT2D eigenvalue weighted by atomic mass is 10.4. The van der Waals surface area contributed by atoms with Crippen molar-refractivity contribution >= 4 is 25.9 Å². The zero-order chi connectivity index (χ0) is 18.7. The van der Waals surface area contributed by atoms with Crippen molar-refractivity contribution in [2.45, 2.75) is 16.7 Å². The number of benzene rings is 1. The molecule has 0 saturated heterocycles. The molecule has 2 N–H and O–H groups in total. The van der Waals surface area contributed by atoms with Gasteiger partial charge >= 0.3 is 0 Å². The predicted molar refractivity (Wildman–Crippen MR) is 92.2 cm³/mol. The highest BCUT2D eigenvalue weighted by Gasteiger charge is 2.19. The van der Waals surface area contributed by atoms with Gasteiger partial charge < -0.3 is 9.42 Å². The third-order valence-electron chi connectivity index (χ3n) is 3.27. The Morgan fingerprint density at radius 1 is 1.04 bits per heavy atom. The van der Waals surface area contributed by atoms with Crippen LogP contribution in [-0.4, -0.2) is 54.1 Å². The zero-order valence-corrected chi connectivity index (χ0v) is 15.7. The lowest BCUT2D eigenvalue weighted by Crippen LogP contribution is -2.31. The third kappa shape index (κ3) is 5.01. The first-order valence-corrected chi connectivity index (χ1v) is 10.3. The molecule has 0 spiro atoms. The Bertz CT molecular complexity index is 918. The van der Waals surface area contributed by atoms with Crippen molar-refractivity contribution in [3.63, 3.8) is 0 Å². The normalized spacial score (nSPS) is 12.5. The van der Waals surface area contributed by atoms with Gasteiger partial charge in [-0.3, -0.25) is 4.72 Å². The molecule has 0 saturated carbocycles. The van der Waals surface area contributed by atoms with Crippen LogP contribution in [0.2, 0.25) is 0 Å². The standard InChI is InChI=1S/C14H20N4O5S2/c1-11-10-23-16-14(11)17-25(21,22)13-6-4-12(5-7-13)24(19,20)15-8-9-18(2)3/h4-7,10,15H,8-9H2,1-3H3,(H,16,17). The van der Waals surface area contributed by atoms with Gasteiger partial charge in [-0.25, -0.2) is 21.6 Å². The highest BCUT2D eigenvalue weighted by Crippen LogP contribution is 2.19. The molecule has 0 aliphatic rings. The van der Waals surface area contributed by atoms with E-state index < -0.39 is 20.0 Å². The fraction of sp³-hybridized carbons (Fsp3) is 0.357. The van der Waals surface area contributed by atoms with Crippen molar-refractivity contribution in [2.24, 2.45) is 0 Å². The summed E-state index contributed by atoms with van der Waals surface area (Å²) >= 11 is 0. The summed E-state index contributed by atoms with van der Waals surface area (Å²) in [6, 6.07) is 4.92. The van der Waals surface area contributed by atoms with E-state index in [0.29, 0.717) is 12.1 Å². The summed E-state index contributed by atoms with van der Waals surface area (Å²) in [4.78, 5) is 1.75. The molecule has 1 heterocycles. The Hall–Kier alpha value is -1.95. The smallest absolute Gasteiger partial charge is 0.263 e. The maximum Gasteiger partial charge on any atom is 0.263 e. The van der Waals surface area contributed by atoms with Gasteiger partial charge in [-0.1, -0.05) is 5.16 Å². The van der Waals surface area contributed by atoms with Gasteiger partial charge in [-0.05, 0) is 45.3 Å². The SMILES string of the molecule is Cc1conc1NS(=O)(=O)c1ccc(S(=O)(=O)NCCN(C)C)cc1. The Morgan fingerprint density at radius 3 is 2.08 bits per heavy atom. The summed E-state index contributed by atoms with van der Waals surface area (Å²) in [6.45, 7) is 2.44. The van der Waals surface area contributed by atoms with Crippen LogP contribution in [0.4, 0.5) is 5.82 Å². The largest absolute Gasteiger partial charge is 0.362 e. The van der Waals surface area contributed by atoms with Crippen molar-refractivity contribution in [1.29, 1.82) is 0 Å². The van der Waals surface area contributed by atoms with Gasteiger partial charge in [0, 0.05) is 18.7 Å². The number of nitrogens with zero attached hydrogens (tertiary/aromatic N) is 2. The van der Waals surface area contributed by atoms with Crippen LogP contribution in [0.5, 0.6) is 0 Å². The number of hydrogen-bond acceptors (Lipinski definition) is 7. The van der Waals surface area contributed by atoms with Gasteiger partial charge in [-0.2, -0.15) is 0 Å². The second-order valence-corrected chi connectivity index (χ2v) is 9.07. The van der Waals surface area contributed by atoms with Crippen molar-refractivity contribution < 1.29 is 21.4 Å². The second-order valence-electron chi connectivity index (χ2n) is 5.62. The van der Waals surface area contributed by atoms with E-state index in [4.69, 9.17) is 0 Å². The van der Waals surface area contributed by atoms with E-state index in [1.165, 1.54) is 30.5 Å². The minimum absolute atomic E-state index is 0.0113. The second kappa shape index (κ2) is 7.52. The van der Waals surface area contributed by atoms with Gasteiger partial charge in [0.25, 0.3) is 10.0 Å². The molecule has 25 heavy (non-hydrogen) atoms. The van der Waals surface area contributed by atoms with Crippen molar-refractivity contribution in [3.8, 4) is 0 Å². The Labute approximate surface area is 147 Å². The molecule has 9 nitrogen and oxygen atoms in total. The number of rotatable bonds is 8. The van der Waals surface area contributed by atoms with Crippen LogP contribution >= 0.6 is 0 Å². The lowest BCUT2D eigenvalue weighted by molar-refractivity contribution is 0.412. The summed E-state index contributed by atoms with van der Waals surface area (Å²) in [5, 5.41) is 3.56. The van der Waals surface area contributed by atoms with Crippen LogP contribution in [0.25, 0.3) is 0 Å². The molecular formula is C14H20N4O5S2. The average molecular weight is 388 g/mol. The molecule has 0 unspecified atom stereocenters. The van der Waals surface area contributed by atoms with Crippen LogP contribution in [-0.2, 0) is 20.0 Å². The third-order valence-corrected chi connectivity index (χ3v) is 6.11. The maximum absolute atomic E-state index is 12.3. The average Bonchev–Trinajstić information content (AvgIpc) is 2.91. The van der Waals surface area contributed by atoms with E-state index >= 15 is 0 Å². The van der Waals surface area contributed by atoms with Crippen LogP contribution in [0, 0.1) is 6.92 Å². The Balaban J connectivity index is 2.14. The molecule has 0 aliphatic carbocycles. The van der Waals surface area contributed by atoms with Gasteiger partial charge in [0.15, 0.2) is 5.82 Å². The zero-order valence-electron chi connectivity index (χ0n) is 14.1. The summed E-state index contributed by atoms with van der Waals surface area (Å²) in [5.41, 5.74) is 0.535. The fourth-order valence-electron chi connectivity index (χ4n) is 1.86. The molecule has 2 aromatic rings. The van der Waals surface area contributed by atoms with E-state index in [1.807, 2.05) is 19.0 Å². The van der Waals surface area contributed by atoms with Crippen molar-refractivity contribution in [3.05, 3.63) is 36.1 Å². The number of anilines is 1. The molecule has 11 heteroatoms. The molecule has 0 bridgehead atoms. The summed E-state index contributed by atoms with van der Waals surface area (Å²) < 4.78 is 58.3. The van der Waals surface area contributed by atoms with Crippen LogP contribution in [0.15, 0.2) is 44.8 Å². The molecule has 0 aliphatic heterocycles. The monoisotopic (exact) mass is 388 g/mol. The summed E-state index contributed by atoms with van der Waals surface area (Å²) in [7, 11) is -3.92. The summed E-state index contributed by atoms with van der Waals surface area (Å²) in [5.74, 6) is 0.0852. The van der Waals surface area contributed by atoms with Crippen molar-refractivity contribution in [1.82, 2.24) is 14.8 Å². The number of hydrogen-bond donors (Lipinski definition) is 2. The van der Waals surface area contributed by atoms with Crippen LogP contribution in [0.3, 0.4) is 0 Å². The van der Waals surface area contributed by atoms with E-state index in [2.05, 4.69) is 19.1 Å². The minimum Gasteiger partial charge on any atom is -0.362 e. The molecule has 0 fully saturated rings. The highest BCUT2D eigenvalue weighted by molar-refractivity contribution is 7.92. The fourth-order valence-corrected chi connectivity index (χ4v) is 3.94. The first-order chi connectivity index (χ1) is 11.6. The molecule has 2 rings (SSSR count). The number of aromatic nitrogens is 1. The lowest BCUT2D eigenvalue weighted by Gasteiger charge is -2.11. The van der Waals surface area contributed by atoms with E-state index in [9.17, 15) is 16.8 Å². The molecule has 0 atom stereocenters. The predicted octanol–water partition coefficient (Wildman–Crippen LogP) is 0.624. The minimum atomic E-state index is -3.89. The Morgan fingerprint density at radius 2 is 1.60 bits per heavy atom. The molecule has 138 valence electrons. The van der Waals surface area contributed by atoms with Gasteiger partial charge in [-0.15, -0.1) is 0 Å². The van der Waals surface area contributed by atoms with Crippen LogP contribution < -0.4 is 9.44 Å². The van der Waals surface area contributed by atoms with Crippen molar-refractivity contribution in [2.75, 3.05) is 31.9 Å². The topological polar surface area (TPSA) is 122 Å². The van der Waals surface area contributed by atoms with E-state index in [0.717, 1.165) is 0 Å². The van der Waals surface area contributed by atoms with E-state index in [-0.39, 0.29) is 22.2 Å². The first kappa shape index (κ1) is 19.4. The molecule has 0 radical (unpaired) electrons. The number of likely N-dealkylation sites (N-methyl/N-ethyl adjacent to an activating group) is 1. The van der Waals surface area contributed by atoms with Crippen LogP contribution in [0.1, 0.15) is 5.56 Å². The summed E-state index contributed by atoms with van der Waals surface area (Å²) in [6.07, 6.45) is 1.31.